The maximum absolute atomic E-state index is 5.80. The Balaban J connectivity index is 2.07. The largest absolute Gasteiger partial charge is 0.374 e. The Labute approximate surface area is 127 Å². The summed E-state index contributed by atoms with van der Waals surface area (Å²) < 4.78 is 5.80. The smallest absolute Gasteiger partial charge is 0.122 e. The van der Waals surface area contributed by atoms with Gasteiger partial charge in [-0.1, -0.05) is 33.1 Å². The zero-order valence-electron chi connectivity index (χ0n) is 13.2. The Morgan fingerprint density at radius 1 is 1.30 bits per heavy atom. The summed E-state index contributed by atoms with van der Waals surface area (Å²) in [6.45, 7) is 7.39. The Bertz CT molecular complexity index is 411. The van der Waals surface area contributed by atoms with Gasteiger partial charge in [-0.2, -0.15) is 0 Å². The first-order valence-electron chi connectivity index (χ1n) is 7.84. The summed E-state index contributed by atoms with van der Waals surface area (Å²) in [6.07, 6.45) is 6.85. The fraction of sp³-hybridized carbons (Fsp3) is 0.812. The fourth-order valence-electron chi connectivity index (χ4n) is 2.96. The van der Waals surface area contributed by atoms with Crippen LogP contribution in [0.15, 0.2) is 0 Å². The molecule has 114 valence electrons. The second kappa shape index (κ2) is 7.53. The SMILES string of the molecule is COC(c1nc(C)c(CNC(C)C)s1)C1CCCCC1. The van der Waals surface area contributed by atoms with Crippen LogP contribution in [-0.2, 0) is 11.3 Å². The number of thiazole rings is 1. The lowest BCUT2D eigenvalue weighted by Crippen LogP contribution is -2.21. The van der Waals surface area contributed by atoms with Gasteiger partial charge in [-0.3, -0.25) is 0 Å². The molecule has 2 rings (SSSR count). The third kappa shape index (κ3) is 4.03. The Morgan fingerprint density at radius 2 is 2.00 bits per heavy atom. The zero-order chi connectivity index (χ0) is 14.5. The van der Waals surface area contributed by atoms with Gasteiger partial charge in [-0.05, 0) is 25.7 Å². The van der Waals surface area contributed by atoms with Gasteiger partial charge in [0, 0.05) is 24.6 Å². The number of nitrogens with one attached hydrogen (secondary N) is 1. The molecule has 1 aliphatic carbocycles. The van der Waals surface area contributed by atoms with Crippen LogP contribution in [0, 0.1) is 12.8 Å². The van der Waals surface area contributed by atoms with Crippen molar-refractivity contribution in [3.63, 3.8) is 0 Å². The van der Waals surface area contributed by atoms with Crippen LogP contribution in [0.3, 0.4) is 0 Å². The van der Waals surface area contributed by atoms with E-state index in [2.05, 4.69) is 26.1 Å². The summed E-state index contributed by atoms with van der Waals surface area (Å²) in [5.74, 6) is 0.658. The van der Waals surface area contributed by atoms with Gasteiger partial charge in [0.25, 0.3) is 0 Å². The third-order valence-electron chi connectivity index (χ3n) is 4.16. The molecule has 0 amide bonds. The lowest BCUT2D eigenvalue weighted by atomic mass is 9.85. The fourth-order valence-corrected chi connectivity index (χ4v) is 4.15. The molecule has 0 radical (unpaired) electrons. The molecular formula is C16H28N2OS. The lowest BCUT2D eigenvalue weighted by Gasteiger charge is -2.27. The van der Waals surface area contributed by atoms with Gasteiger partial charge in [0.15, 0.2) is 0 Å². The van der Waals surface area contributed by atoms with Crippen molar-refractivity contribution in [2.75, 3.05) is 7.11 Å². The number of aryl methyl sites for hydroxylation is 1. The molecule has 1 heterocycles. The Hall–Kier alpha value is -0.450. The highest BCUT2D eigenvalue weighted by Crippen LogP contribution is 2.38. The van der Waals surface area contributed by atoms with Crippen molar-refractivity contribution in [1.29, 1.82) is 0 Å². The van der Waals surface area contributed by atoms with Crippen molar-refractivity contribution in [3.05, 3.63) is 15.6 Å². The minimum Gasteiger partial charge on any atom is -0.374 e. The zero-order valence-corrected chi connectivity index (χ0v) is 14.1. The maximum Gasteiger partial charge on any atom is 0.122 e. The molecule has 1 saturated carbocycles. The number of rotatable bonds is 6. The van der Waals surface area contributed by atoms with Gasteiger partial charge >= 0.3 is 0 Å². The molecule has 0 spiro atoms. The molecule has 0 bridgehead atoms. The van der Waals surface area contributed by atoms with Crippen LogP contribution in [0.1, 0.15) is 67.6 Å². The highest BCUT2D eigenvalue weighted by atomic mass is 32.1. The maximum atomic E-state index is 5.80. The Kier molecular flexibility index (Phi) is 6.00. The van der Waals surface area contributed by atoms with Gasteiger partial charge in [0.05, 0.1) is 5.69 Å². The van der Waals surface area contributed by atoms with Crippen molar-refractivity contribution in [3.8, 4) is 0 Å². The summed E-state index contributed by atoms with van der Waals surface area (Å²) >= 11 is 1.83. The van der Waals surface area contributed by atoms with Crippen molar-refractivity contribution in [2.24, 2.45) is 5.92 Å². The first kappa shape index (κ1) is 15.9. The Morgan fingerprint density at radius 3 is 2.60 bits per heavy atom. The molecule has 1 aromatic rings. The van der Waals surface area contributed by atoms with Crippen LogP contribution in [0.2, 0.25) is 0 Å². The van der Waals surface area contributed by atoms with Crippen LogP contribution in [0.5, 0.6) is 0 Å². The van der Waals surface area contributed by atoms with Crippen LogP contribution in [-0.4, -0.2) is 18.1 Å². The molecule has 1 aliphatic rings. The summed E-state index contributed by atoms with van der Waals surface area (Å²) in [7, 11) is 1.84. The molecule has 1 unspecified atom stereocenters. The summed E-state index contributed by atoms with van der Waals surface area (Å²) in [4.78, 5) is 6.14. The first-order chi connectivity index (χ1) is 9.61. The predicted octanol–water partition coefficient (Wildman–Crippen LogP) is 4.22. The molecule has 3 nitrogen and oxygen atoms in total. The van der Waals surface area contributed by atoms with E-state index in [1.807, 2.05) is 18.4 Å². The lowest BCUT2D eigenvalue weighted by molar-refractivity contribution is 0.0352. The van der Waals surface area contributed by atoms with E-state index in [0.717, 1.165) is 12.2 Å². The standard InChI is InChI=1S/C16H28N2OS/c1-11(2)17-10-14-12(3)18-16(20-14)15(19-4)13-8-6-5-7-9-13/h11,13,15,17H,5-10H2,1-4H3. The normalized spacial score (nSPS) is 18.6. The summed E-state index contributed by atoms with van der Waals surface area (Å²) in [5.41, 5.74) is 1.16. The number of hydrogen-bond donors (Lipinski definition) is 1. The van der Waals surface area contributed by atoms with Gasteiger partial charge < -0.3 is 10.1 Å². The van der Waals surface area contributed by atoms with Crippen LogP contribution < -0.4 is 5.32 Å². The molecule has 0 saturated heterocycles. The van der Waals surface area contributed by atoms with Crippen molar-refractivity contribution in [1.82, 2.24) is 10.3 Å². The minimum atomic E-state index is 0.201. The number of methoxy groups -OCH3 is 1. The average Bonchev–Trinajstić information content (AvgIpc) is 2.79. The molecule has 1 atom stereocenters. The molecular weight excluding hydrogens is 268 g/mol. The van der Waals surface area contributed by atoms with Gasteiger partial charge in [-0.15, -0.1) is 11.3 Å². The van der Waals surface area contributed by atoms with E-state index in [1.54, 1.807) is 0 Å². The van der Waals surface area contributed by atoms with E-state index in [-0.39, 0.29) is 6.10 Å². The molecule has 20 heavy (non-hydrogen) atoms. The average molecular weight is 296 g/mol. The van der Waals surface area contributed by atoms with Crippen molar-refractivity contribution in [2.45, 2.75) is 71.6 Å². The number of nitrogens with zero attached hydrogens (tertiary/aromatic N) is 1. The van der Waals surface area contributed by atoms with E-state index in [0.29, 0.717) is 12.0 Å². The quantitative estimate of drug-likeness (QED) is 0.853. The van der Waals surface area contributed by atoms with Gasteiger partial charge in [0.2, 0.25) is 0 Å². The van der Waals surface area contributed by atoms with Gasteiger partial charge in [0.1, 0.15) is 11.1 Å². The highest BCUT2D eigenvalue weighted by Gasteiger charge is 2.28. The molecule has 1 N–H and O–H groups in total. The van der Waals surface area contributed by atoms with Crippen LogP contribution >= 0.6 is 11.3 Å². The van der Waals surface area contributed by atoms with Crippen molar-refractivity contribution >= 4 is 11.3 Å². The van der Waals surface area contributed by atoms with Gasteiger partial charge in [-0.25, -0.2) is 4.98 Å². The summed E-state index contributed by atoms with van der Waals surface area (Å²) in [6, 6.07) is 0.511. The van der Waals surface area contributed by atoms with E-state index >= 15 is 0 Å². The minimum absolute atomic E-state index is 0.201. The topological polar surface area (TPSA) is 34.1 Å². The molecule has 4 heteroatoms. The summed E-state index contributed by atoms with van der Waals surface area (Å²) in [5, 5.41) is 4.66. The second-order valence-corrected chi connectivity index (χ2v) is 7.27. The number of hydrogen-bond acceptors (Lipinski definition) is 4. The molecule has 0 aromatic carbocycles. The first-order valence-corrected chi connectivity index (χ1v) is 8.65. The van der Waals surface area contributed by atoms with E-state index in [9.17, 15) is 0 Å². The highest BCUT2D eigenvalue weighted by molar-refractivity contribution is 7.11. The second-order valence-electron chi connectivity index (χ2n) is 6.15. The molecule has 1 fully saturated rings. The van der Waals surface area contributed by atoms with E-state index in [1.165, 1.54) is 42.0 Å². The third-order valence-corrected chi connectivity index (χ3v) is 5.37. The van der Waals surface area contributed by atoms with E-state index in [4.69, 9.17) is 9.72 Å². The monoisotopic (exact) mass is 296 g/mol. The molecule has 0 aliphatic heterocycles. The number of aromatic nitrogens is 1. The number of ether oxygens (including phenoxy) is 1. The van der Waals surface area contributed by atoms with Crippen LogP contribution in [0.25, 0.3) is 0 Å². The predicted molar refractivity (Wildman–Crippen MR) is 85.2 cm³/mol. The molecule has 1 aromatic heterocycles. The van der Waals surface area contributed by atoms with Crippen molar-refractivity contribution < 1.29 is 4.74 Å². The van der Waals surface area contributed by atoms with Crippen LogP contribution in [0.4, 0.5) is 0 Å². The van der Waals surface area contributed by atoms with E-state index < -0.39 is 0 Å².